The van der Waals surface area contributed by atoms with E-state index in [1.54, 1.807) is 19.1 Å². The molecule has 0 saturated carbocycles. The molecule has 1 fully saturated rings. The van der Waals surface area contributed by atoms with Gasteiger partial charge in [0.2, 0.25) is 0 Å². The van der Waals surface area contributed by atoms with Crippen LogP contribution in [-0.4, -0.2) is 39.0 Å². The van der Waals surface area contributed by atoms with Crippen molar-refractivity contribution in [2.45, 2.75) is 26.8 Å². The van der Waals surface area contributed by atoms with Crippen molar-refractivity contribution >= 4 is 33.9 Å². The number of phenolic OH excluding ortho intramolecular Hbond substituents is 1. The highest BCUT2D eigenvalue weighted by Crippen LogP contribution is 2.29. The van der Waals surface area contributed by atoms with Gasteiger partial charge in [0, 0.05) is 36.9 Å². The van der Waals surface area contributed by atoms with Crippen molar-refractivity contribution in [2.24, 2.45) is 5.92 Å². The average molecular weight is 414 g/mol. The van der Waals surface area contributed by atoms with E-state index in [1.165, 1.54) is 17.5 Å². The van der Waals surface area contributed by atoms with Gasteiger partial charge in [-0.15, -0.1) is 0 Å². The minimum Gasteiger partial charge on any atom is -0.508 e. The molecule has 1 atom stereocenters. The first-order chi connectivity index (χ1) is 14.0. The number of hydrogen-bond acceptors (Lipinski definition) is 7. The highest BCUT2D eigenvalue weighted by molar-refractivity contribution is 7.17. The van der Waals surface area contributed by atoms with Crippen molar-refractivity contribution in [1.82, 2.24) is 14.8 Å². The fourth-order valence-electron chi connectivity index (χ4n) is 3.27. The lowest BCUT2D eigenvalue weighted by Crippen LogP contribution is -2.12. The number of rotatable bonds is 6. The zero-order valence-electron chi connectivity index (χ0n) is 16.3. The molecular weight excluding hydrogens is 390 g/mol. The number of aryl methyl sites for hydroxylation is 1. The standard InChI is InChI=1S/C20H23N5O3S/c1-12-3-4-15(26)13(2)18(12)23-19(27)16-9-21-20(29-16)22-17-5-7-25(24-17)10-14-6-8-28-11-14/h3-5,7,9,14,26H,6,8,10-11H2,1-2H3,(H,23,27)(H,21,22,24). The maximum Gasteiger partial charge on any atom is 0.267 e. The molecule has 3 N–H and O–H groups in total. The zero-order valence-corrected chi connectivity index (χ0v) is 17.1. The Morgan fingerprint density at radius 1 is 1.38 bits per heavy atom. The molecular formula is C20H23N5O3S. The number of aromatic hydroxyl groups is 1. The number of amides is 1. The lowest BCUT2D eigenvalue weighted by molar-refractivity contribution is 0.103. The third kappa shape index (κ3) is 4.41. The number of aromatic nitrogens is 3. The Kier molecular flexibility index (Phi) is 5.50. The number of carbonyl (C=O) groups excluding carboxylic acids is 1. The van der Waals surface area contributed by atoms with Crippen LogP contribution in [-0.2, 0) is 11.3 Å². The van der Waals surface area contributed by atoms with E-state index >= 15 is 0 Å². The number of carbonyl (C=O) groups is 1. The van der Waals surface area contributed by atoms with Gasteiger partial charge in [0.25, 0.3) is 5.91 Å². The number of ether oxygens (including phenoxy) is 1. The van der Waals surface area contributed by atoms with Gasteiger partial charge in [-0.1, -0.05) is 17.4 Å². The van der Waals surface area contributed by atoms with Gasteiger partial charge in [0.05, 0.1) is 18.5 Å². The largest absolute Gasteiger partial charge is 0.508 e. The normalized spacial score (nSPS) is 16.1. The van der Waals surface area contributed by atoms with Crippen LogP contribution in [0.1, 0.15) is 27.2 Å². The summed E-state index contributed by atoms with van der Waals surface area (Å²) < 4.78 is 7.30. The van der Waals surface area contributed by atoms with Crippen molar-refractivity contribution in [1.29, 1.82) is 0 Å². The second-order valence-electron chi connectivity index (χ2n) is 7.16. The SMILES string of the molecule is Cc1ccc(O)c(C)c1NC(=O)c1cnc(Nc2ccn(CC3CCOC3)n2)s1. The van der Waals surface area contributed by atoms with E-state index in [1.807, 2.05) is 23.9 Å². The molecule has 4 rings (SSSR count). The van der Waals surface area contributed by atoms with Gasteiger partial charge in [-0.2, -0.15) is 5.10 Å². The molecule has 8 nitrogen and oxygen atoms in total. The first kappa shape index (κ1) is 19.4. The molecule has 1 saturated heterocycles. The van der Waals surface area contributed by atoms with Gasteiger partial charge in [0.15, 0.2) is 10.9 Å². The second-order valence-corrected chi connectivity index (χ2v) is 8.19. The molecule has 29 heavy (non-hydrogen) atoms. The average Bonchev–Trinajstić information content (AvgIpc) is 3.45. The summed E-state index contributed by atoms with van der Waals surface area (Å²) in [7, 11) is 0. The van der Waals surface area contributed by atoms with E-state index in [4.69, 9.17) is 4.74 Å². The smallest absolute Gasteiger partial charge is 0.267 e. The molecule has 1 aromatic carbocycles. The first-order valence-corrected chi connectivity index (χ1v) is 10.3. The van der Waals surface area contributed by atoms with Crippen LogP contribution in [0.4, 0.5) is 16.6 Å². The number of nitrogens with one attached hydrogen (secondary N) is 2. The van der Waals surface area contributed by atoms with Crippen molar-refractivity contribution in [2.75, 3.05) is 23.8 Å². The molecule has 152 valence electrons. The Bertz CT molecular complexity index is 1020. The maximum absolute atomic E-state index is 12.6. The van der Waals surface area contributed by atoms with Crippen LogP contribution in [0, 0.1) is 19.8 Å². The quantitative estimate of drug-likeness (QED) is 0.570. The molecule has 3 aromatic rings. The summed E-state index contributed by atoms with van der Waals surface area (Å²) in [6.45, 7) is 6.09. The minimum atomic E-state index is -0.265. The van der Waals surface area contributed by atoms with Gasteiger partial charge in [-0.05, 0) is 31.9 Å². The molecule has 0 bridgehead atoms. The molecule has 3 heterocycles. The summed E-state index contributed by atoms with van der Waals surface area (Å²) in [6.07, 6.45) is 4.52. The molecule has 1 aliphatic heterocycles. The zero-order chi connectivity index (χ0) is 20.4. The van der Waals surface area contributed by atoms with Gasteiger partial charge in [-0.3, -0.25) is 9.48 Å². The predicted octanol–water partition coefficient (Wildman–Crippen LogP) is 3.69. The molecule has 1 unspecified atom stereocenters. The molecule has 2 aromatic heterocycles. The van der Waals surface area contributed by atoms with Gasteiger partial charge >= 0.3 is 0 Å². The number of benzene rings is 1. The fourth-order valence-corrected chi connectivity index (χ4v) is 3.99. The fraction of sp³-hybridized carbons (Fsp3) is 0.350. The van der Waals surface area contributed by atoms with Crippen LogP contribution in [0.5, 0.6) is 5.75 Å². The highest BCUT2D eigenvalue weighted by Gasteiger charge is 2.17. The van der Waals surface area contributed by atoms with Crippen molar-refractivity contribution in [3.63, 3.8) is 0 Å². The summed E-state index contributed by atoms with van der Waals surface area (Å²) in [5.74, 6) is 1.07. The van der Waals surface area contributed by atoms with Crippen LogP contribution in [0.25, 0.3) is 0 Å². The minimum absolute atomic E-state index is 0.150. The Morgan fingerprint density at radius 3 is 3.03 bits per heavy atom. The van der Waals surface area contributed by atoms with E-state index in [0.717, 1.165) is 31.7 Å². The highest BCUT2D eigenvalue weighted by atomic mass is 32.1. The second kappa shape index (κ2) is 8.22. The van der Waals surface area contributed by atoms with E-state index in [0.29, 0.717) is 33.0 Å². The van der Waals surface area contributed by atoms with Crippen LogP contribution < -0.4 is 10.6 Å². The van der Waals surface area contributed by atoms with Gasteiger partial charge in [-0.25, -0.2) is 4.98 Å². The molecule has 0 aliphatic carbocycles. The number of hydrogen-bond donors (Lipinski definition) is 3. The Hall–Kier alpha value is -2.91. The first-order valence-electron chi connectivity index (χ1n) is 9.44. The van der Waals surface area contributed by atoms with Gasteiger partial charge in [0.1, 0.15) is 10.6 Å². The van der Waals surface area contributed by atoms with E-state index in [9.17, 15) is 9.90 Å². The van der Waals surface area contributed by atoms with Crippen molar-refractivity contribution in [3.05, 3.63) is 46.6 Å². The van der Waals surface area contributed by atoms with Crippen LogP contribution in [0.3, 0.4) is 0 Å². The Morgan fingerprint density at radius 2 is 2.24 bits per heavy atom. The number of thiazole rings is 1. The van der Waals surface area contributed by atoms with E-state index in [-0.39, 0.29) is 11.7 Å². The summed E-state index contributed by atoms with van der Waals surface area (Å²) in [5.41, 5.74) is 2.14. The third-order valence-corrected chi connectivity index (χ3v) is 5.87. The number of phenols is 1. The molecule has 1 amide bonds. The third-order valence-electron chi connectivity index (χ3n) is 4.96. The van der Waals surface area contributed by atoms with E-state index in [2.05, 4.69) is 20.7 Å². The number of nitrogens with zero attached hydrogens (tertiary/aromatic N) is 3. The van der Waals surface area contributed by atoms with Gasteiger partial charge < -0.3 is 20.5 Å². The molecule has 0 spiro atoms. The van der Waals surface area contributed by atoms with Crippen LogP contribution in [0.2, 0.25) is 0 Å². The van der Waals surface area contributed by atoms with Crippen molar-refractivity contribution < 1.29 is 14.6 Å². The summed E-state index contributed by atoms with van der Waals surface area (Å²) in [6, 6.07) is 5.27. The lowest BCUT2D eigenvalue weighted by Gasteiger charge is -2.11. The van der Waals surface area contributed by atoms with E-state index < -0.39 is 0 Å². The van der Waals surface area contributed by atoms with Crippen molar-refractivity contribution in [3.8, 4) is 5.75 Å². The summed E-state index contributed by atoms with van der Waals surface area (Å²) in [5, 5.41) is 21.0. The summed E-state index contributed by atoms with van der Waals surface area (Å²) in [4.78, 5) is 17.4. The summed E-state index contributed by atoms with van der Waals surface area (Å²) >= 11 is 1.25. The Labute approximate surface area is 172 Å². The molecule has 0 radical (unpaired) electrons. The topological polar surface area (TPSA) is 101 Å². The molecule has 9 heteroatoms. The Balaban J connectivity index is 1.40. The monoisotopic (exact) mass is 413 g/mol. The predicted molar refractivity (Wildman–Crippen MR) is 112 cm³/mol. The molecule has 1 aliphatic rings. The lowest BCUT2D eigenvalue weighted by atomic mass is 10.1. The van der Waals surface area contributed by atoms with Crippen LogP contribution >= 0.6 is 11.3 Å². The number of anilines is 3. The maximum atomic E-state index is 12.6. The van der Waals surface area contributed by atoms with Crippen LogP contribution in [0.15, 0.2) is 30.6 Å².